The number of nitrogens with one attached hydrogen (secondary N) is 2. The summed E-state index contributed by atoms with van der Waals surface area (Å²) >= 11 is 17.8. The molecular weight excluding hydrogens is 593 g/mol. The van der Waals surface area contributed by atoms with E-state index >= 15 is 0 Å². The average molecular weight is 633 g/mol. The quantitative estimate of drug-likeness (QED) is 0.280. The van der Waals surface area contributed by atoms with Crippen molar-refractivity contribution < 1.29 is 14.9 Å². The van der Waals surface area contributed by atoms with Crippen LogP contribution in [0.5, 0.6) is 0 Å². The van der Waals surface area contributed by atoms with E-state index in [4.69, 9.17) is 40.2 Å². The molecule has 11 heteroatoms. The summed E-state index contributed by atoms with van der Waals surface area (Å²) in [5, 5.41) is 28.6. The van der Waals surface area contributed by atoms with Crippen LogP contribution in [-0.2, 0) is 4.74 Å². The highest BCUT2D eigenvalue weighted by Gasteiger charge is 2.40. The summed E-state index contributed by atoms with van der Waals surface area (Å²) in [5.74, 6) is 0.473. The van der Waals surface area contributed by atoms with E-state index in [0.29, 0.717) is 53.6 Å². The molecule has 3 saturated heterocycles. The van der Waals surface area contributed by atoms with Gasteiger partial charge in [-0.2, -0.15) is 0 Å². The summed E-state index contributed by atoms with van der Waals surface area (Å²) in [6.45, 7) is 6.80. The van der Waals surface area contributed by atoms with Crippen molar-refractivity contribution in [1.82, 2.24) is 14.8 Å². The van der Waals surface area contributed by atoms with Crippen LogP contribution in [0, 0.1) is 0 Å². The lowest BCUT2D eigenvalue weighted by Crippen LogP contribution is -2.56. The standard InChI is InChI=1S/C31H39Cl2N5O3S/c32-22-15-23(33)17-24(16-22)35-30(42)38-9-5-31(40,6-10-38)29(39)20-36-7-3-21(4-8-36)27-19-34-28-2-1-25(18-26(27)28)37-11-13-41-14-12-37/h1-2,15-19,21,29,34,39-40H,3-14,20H2,(H,35,42). The second kappa shape index (κ2) is 12.9. The summed E-state index contributed by atoms with van der Waals surface area (Å²) in [4.78, 5) is 10.2. The number of aromatic nitrogens is 1. The molecule has 42 heavy (non-hydrogen) atoms. The number of thiocarbonyl (C=S) groups is 1. The van der Waals surface area contributed by atoms with Crippen molar-refractivity contribution in [3.8, 4) is 0 Å². The molecule has 3 aliphatic heterocycles. The molecule has 6 rings (SSSR count). The Morgan fingerprint density at radius 2 is 1.71 bits per heavy atom. The second-order valence-corrected chi connectivity index (χ2v) is 13.1. The Bertz CT molecular complexity index is 1380. The van der Waals surface area contributed by atoms with E-state index in [2.05, 4.69) is 44.5 Å². The number of hydrogen-bond donors (Lipinski definition) is 4. The molecule has 8 nitrogen and oxygen atoms in total. The van der Waals surface area contributed by atoms with Gasteiger partial charge in [0.2, 0.25) is 0 Å². The molecule has 1 unspecified atom stereocenters. The minimum absolute atomic E-state index is 0.448. The van der Waals surface area contributed by atoms with Gasteiger partial charge in [0.1, 0.15) is 0 Å². The highest BCUT2D eigenvalue weighted by atomic mass is 35.5. The fraction of sp³-hybridized carbons (Fsp3) is 0.516. The smallest absolute Gasteiger partial charge is 0.173 e. The highest BCUT2D eigenvalue weighted by molar-refractivity contribution is 7.80. The van der Waals surface area contributed by atoms with Crippen molar-refractivity contribution in [3.63, 3.8) is 0 Å². The minimum atomic E-state index is -1.13. The average Bonchev–Trinajstić information content (AvgIpc) is 3.41. The van der Waals surface area contributed by atoms with Crippen LogP contribution in [0.4, 0.5) is 11.4 Å². The van der Waals surface area contributed by atoms with E-state index in [1.807, 2.05) is 4.90 Å². The molecule has 3 fully saturated rings. The summed E-state index contributed by atoms with van der Waals surface area (Å²) < 4.78 is 5.53. The number of piperidine rings is 2. The number of ether oxygens (including phenoxy) is 1. The molecule has 0 amide bonds. The molecule has 0 saturated carbocycles. The molecule has 4 heterocycles. The lowest BCUT2D eigenvalue weighted by atomic mass is 9.84. The number of fused-ring (bicyclic) bond motifs is 1. The van der Waals surface area contributed by atoms with Crippen molar-refractivity contribution in [2.24, 2.45) is 0 Å². The van der Waals surface area contributed by atoms with Crippen LogP contribution in [0.2, 0.25) is 10.0 Å². The van der Waals surface area contributed by atoms with Gasteiger partial charge in [-0.05, 0) is 98.9 Å². The molecule has 0 bridgehead atoms. The largest absolute Gasteiger partial charge is 0.389 e. The van der Waals surface area contributed by atoms with Crippen molar-refractivity contribution in [1.29, 1.82) is 0 Å². The Kier molecular flexibility index (Phi) is 9.17. The Labute approximate surface area is 262 Å². The molecule has 3 aliphatic rings. The Balaban J connectivity index is 1.00. The van der Waals surface area contributed by atoms with Crippen molar-refractivity contribution >= 4 is 62.8 Å². The van der Waals surface area contributed by atoms with Gasteiger partial charge in [0.05, 0.1) is 24.9 Å². The summed E-state index contributed by atoms with van der Waals surface area (Å²) in [6, 6.07) is 11.9. The number of likely N-dealkylation sites (tertiary alicyclic amines) is 2. The second-order valence-electron chi connectivity index (χ2n) is 11.8. The first-order chi connectivity index (χ1) is 20.3. The van der Waals surface area contributed by atoms with Crippen LogP contribution in [-0.4, -0.2) is 101 Å². The first kappa shape index (κ1) is 29.9. The van der Waals surface area contributed by atoms with Gasteiger partial charge in [-0.15, -0.1) is 0 Å². The lowest BCUT2D eigenvalue weighted by Gasteiger charge is -2.43. The van der Waals surface area contributed by atoms with Crippen molar-refractivity contribution in [3.05, 3.63) is 58.2 Å². The van der Waals surface area contributed by atoms with Crippen molar-refractivity contribution in [2.45, 2.75) is 43.3 Å². The number of nitrogens with zero attached hydrogens (tertiary/aromatic N) is 3. The molecule has 1 atom stereocenters. The number of anilines is 2. The molecule has 226 valence electrons. The van der Waals surface area contributed by atoms with E-state index in [-0.39, 0.29) is 0 Å². The SMILES string of the molecule is OC(CN1CCC(c2c[nH]c3ccc(N4CCOCC4)cc23)CC1)C1(O)CCN(C(=S)Nc2cc(Cl)cc(Cl)c2)CC1. The fourth-order valence-electron chi connectivity index (χ4n) is 6.59. The number of aliphatic hydroxyl groups excluding tert-OH is 1. The van der Waals surface area contributed by atoms with Crippen molar-refractivity contribution in [2.75, 3.05) is 69.2 Å². The van der Waals surface area contributed by atoms with Crippen LogP contribution in [0.25, 0.3) is 10.9 Å². The van der Waals surface area contributed by atoms with Gasteiger partial charge in [-0.1, -0.05) is 23.2 Å². The summed E-state index contributed by atoms with van der Waals surface area (Å²) in [7, 11) is 0. The predicted octanol–water partition coefficient (Wildman–Crippen LogP) is 5.08. The van der Waals surface area contributed by atoms with Crippen LogP contribution in [0.1, 0.15) is 37.2 Å². The molecular formula is C31H39Cl2N5O3S. The van der Waals surface area contributed by atoms with Gasteiger partial charge in [-0.25, -0.2) is 0 Å². The maximum absolute atomic E-state index is 11.4. The van der Waals surface area contributed by atoms with Gasteiger partial charge in [0.15, 0.2) is 5.11 Å². The van der Waals surface area contributed by atoms with E-state index in [1.54, 1.807) is 18.2 Å². The minimum Gasteiger partial charge on any atom is -0.389 e. The van der Waals surface area contributed by atoms with Crippen LogP contribution >= 0.6 is 35.4 Å². The number of morpholine rings is 1. The monoisotopic (exact) mass is 631 g/mol. The van der Waals surface area contributed by atoms with Crippen LogP contribution in [0.3, 0.4) is 0 Å². The molecule has 0 aliphatic carbocycles. The maximum atomic E-state index is 11.4. The van der Waals surface area contributed by atoms with E-state index < -0.39 is 11.7 Å². The van der Waals surface area contributed by atoms with Crippen LogP contribution < -0.4 is 10.2 Å². The van der Waals surface area contributed by atoms with Gasteiger partial charge >= 0.3 is 0 Å². The number of rotatable bonds is 6. The molecule has 1 aromatic heterocycles. The number of halogens is 2. The fourth-order valence-corrected chi connectivity index (χ4v) is 7.41. The Morgan fingerprint density at radius 1 is 1.02 bits per heavy atom. The number of aromatic amines is 1. The third-order valence-corrected chi connectivity index (χ3v) is 9.98. The predicted molar refractivity (Wildman–Crippen MR) is 174 cm³/mol. The first-order valence-corrected chi connectivity index (χ1v) is 16.0. The van der Waals surface area contributed by atoms with Crippen LogP contribution in [0.15, 0.2) is 42.6 Å². The number of benzene rings is 2. The molecule has 3 aromatic rings. The highest BCUT2D eigenvalue weighted by Crippen LogP contribution is 2.36. The van der Waals surface area contributed by atoms with Gasteiger partial charge in [0.25, 0.3) is 0 Å². The topological polar surface area (TPSA) is 87.2 Å². The Morgan fingerprint density at radius 3 is 2.40 bits per heavy atom. The third-order valence-electron chi connectivity index (χ3n) is 9.18. The number of β-amino-alcohol motifs (C(OH)–C–C–N with tert-alkyl or cyclic N) is 1. The maximum Gasteiger partial charge on any atom is 0.173 e. The molecule has 4 N–H and O–H groups in total. The van der Waals surface area contributed by atoms with E-state index in [1.165, 1.54) is 22.2 Å². The lowest BCUT2D eigenvalue weighted by molar-refractivity contribution is -0.112. The summed E-state index contributed by atoms with van der Waals surface area (Å²) in [6.07, 6.45) is 4.32. The summed E-state index contributed by atoms with van der Waals surface area (Å²) in [5.41, 5.74) is 3.42. The number of aliphatic hydroxyl groups is 2. The Hall–Kier alpha value is -2.11. The van der Waals surface area contributed by atoms with E-state index in [9.17, 15) is 10.2 Å². The number of H-pyrrole nitrogens is 1. The zero-order chi connectivity index (χ0) is 29.3. The molecule has 0 spiro atoms. The third kappa shape index (κ3) is 6.68. The normalized spacial score (nSPS) is 21.0. The van der Waals surface area contributed by atoms with Gasteiger partial charge in [-0.3, -0.25) is 0 Å². The molecule has 2 aromatic carbocycles. The molecule has 0 radical (unpaired) electrons. The van der Waals surface area contributed by atoms with E-state index in [0.717, 1.165) is 57.9 Å². The zero-order valence-electron chi connectivity index (χ0n) is 23.7. The first-order valence-electron chi connectivity index (χ1n) is 14.9. The number of hydrogen-bond acceptors (Lipinski definition) is 6. The zero-order valence-corrected chi connectivity index (χ0v) is 26.0. The van der Waals surface area contributed by atoms with Gasteiger partial charge < -0.3 is 40.0 Å². The van der Waals surface area contributed by atoms with Gasteiger partial charge in [0, 0.05) is 71.2 Å².